The summed E-state index contributed by atoms with van der Waals surface area (Å²) in [6.07, 6.45) is 0.414. The third-order valence-electron chi connectivity index (χ3n) is 4.21. The average molecular weight is 387 g/mol. The van der Waals surface area contributed by atoms with E-state index < -0.39 is 23.7 Å². The van der Waals surface area contributed by atoms with Gasteiger partial charge in [0.2, 0.25) is 5.91 Å². The third-order valence-corrected chi connectivity index (χ3v) is 5.15. The molecule has 1 aliphatic heterocycles. The van der Waals surface area contributed by atoms with E-state index in [-0.39, 0.29) is 35.1 Å². The van der Waals surface area contributed by atoms with E-state index in [9.17, 15) is 14.0 Å². The van der Waals surface area contributed by atoms with Gasteiger partial charge in [-0.2, -0.15) is 5.26 Å². The maximum atomic E-state index is 15.0. The molecule has 4 N–H and O–H groups in total. The zero-order valence-electron chi connectivity index (χ0n) is 14.8. The zero-order valence-corrected chi connectivity index (χ0v) is 15.6. The van der Waals surface area contributed by atoms with Crippen LogP contribution >= 0.6 is 11.3 Å². The summed E-state index contributed by atoms with van der Waals surface area (Å²) >= 11 is 1.24. The fourth-order valence-electron chi connectivity index (χ4n) is 2.96. The first-order valence-electron chi connectivity index (χ1n) is 8.37. The van der Waals surface area contributed by atoms with Gasteiger partial charge in [-0.25, -0.2) is 9.37 Å². The minimum Gasteiger partial charge on any atom is -0.368 e. The van der Waals surface area contributed by atoms with E-state index in [4.69, 9.17) is 11.0 Å². The molecule has 7 nitrogen and oxygen atoms in total. The third kappa shape index (κ3) is 3.61. The van der Waals surface area contributed by atoms with Crippen LogP contribution in [0.4, 0.5) is 10.2 Å². The van der Waals surface area contributed by atoms with E-state index in [0.29, 0.717) is 16.9 Å². The predicted molar refractivity (Wildman–Crippen MR) is 99.5 cm³/mol. The van der Waals surface area contributed by atoms with E-state index in [2.05, 4.69) is 15.6 Å². The molecule has 0 radical (unpaired) electrons. The quantitative estimate of drug-likeness (QED) is 0.703. The van der Waals surface area contributed by atoms with Crippen LogP contribution in [0.15, 0.2) is 11.4 Å². The first-order chi connectivity index (χ1) is 12.8. The van der Waals surface area contributed by atoms with Gasteiger partial charge in [0.1, 0.15) is 12.1 Å². The van der Waals surface area contributed by atoms with Gasteiger partial charge >= 0.3 is 0 Å². The molecule has 1 unspecified atom stereocenters. The highest BCUT2D eigenvalue weighted by molar-refractivity contribution is 7.13. The molecule has 2 amide bonds. The fraction of sp³-hybridized carbons (Fsp3) is 0.333. The van der Waals surface area contributed by atoms with Gasteiger partial charge in [-0.3, -0.25) is 9.59 Å². The monoisotopic (exact) mass is 387 g/mol. The number of primary amides is 1. The van der Waals surface area contributed by atoms with Gasteiger partial charge in [0.05, 0.1) is 21.7 Å². The van der Waals surface area contributed by atoms with E-state index in [1.165, 1.54) is 11.3 Å². The first kappa shape index (κ1) is 18.8. The lowest BCUT2D eigenvalue weighted by Gasteiger charge is -2.19. The molecule has 0 aromatic carbocycles. The zero-order chi connectivity index (χ0) is 19.7. The topological polar surface area (TPSA) is 121 Å². The van der Waals surface area contributed by atoms with Crippen LogP contribution in [0, 0.1) is 23.1 Å². The van der Waals surface area contributed by atoms with Gasteiger partial charge in [0.25, 0.3) is 5.91 Å². The minimum absolute atomic E-state index is 0.0338. The maximum absolute atomic E-state index is 15.0. The van der Waals surface area contributed by atoms with E-state index >= 15 is 0 Å². The number of thiophene rings is 1. The smallest absolute Gasteiger partial charge is 0.254 e. The molecule has 9 heteroatoms. The number of carbonyl (C=O) groups is 2. The summed E-state index contributed by atoms with van der Waals surface area (Å²) in [7, 11) is 0. The molecule has 1 aliphatic rings. The lowest BCUT2D eigenvalue weighted by molar-refractivity contribution is -0.119. The van der Waals surface area contributed by atoms with Crippen molar-refractivity contribution < 1.29 is 14.0 Å². The molecule has 0 spiro atoms. The van der Waals surface area contributed by atoms with Crippen LogP contribution in [-0.4, -0.2) is 22.8 Å². The number of aromatic nitrogens is 1. The van der Waals surface area contributed by atoms with Crippen molar-refractivity contribution in [1.82, 2.24) is 10.3 Å². The summed E-state index contributed by atoms with van der Waals surface area (Å²) in [6, 6.07) is 2.83. The SMILES string of the molecule is CC(C)CC(Nc1nc(-c2cc(C#N)cs2)c2c(c1F)CNC2=O)C(N)=O. The Morgan fingerprint density at radius 1 is 1.56 bits per heavy atom. The van der Waals surface area contributed by atoms with Gasteiger partial charge in [-0.15, -0.1) is 11.3 Å². The van der Waals surface area contributed by atoms with Crippen LogP contribution in [0.25, 0.3) is 10.6 Å². The second-order valence-corrected chi connectivity index (χ2v) is 7.61. The summed E-state index contributed by atoms with van der Waals surface area (Å²) in [5.74, 6) is -1.68. The minimum atomic E-state index is -0.791. The first-order valence-corrected chi connectivity index (χ1v) is 9.25. The number of nitrogens with one attached hydrogen (secondary N) is 2. The highest BCUT2D eigenvalue weighted by atomic mass is 32.1. The van der Waals surface area contributed by atoms with Gasteiger partial charge in [-0.1, -0.05) is 13.8 Å². The Morgan fingerprint density at radius 2 is 2.30 bits per heavy atom. The molecule has 2 aromatic heterocycles. The molecule has 140 valence electrons. The van der Waals surface area contributed by atoms with Crippen LogP contribution in [0.5, 0.6) is 0 Å². The Balaban J connectivity index is 2.10. The Labute approximate surface area is 159 Å². The van der Waals surface area contributed by atoms with Crippen molar-refractivity contribution in [3.05, 3.63) is 34.0 Å². The highest BCUT2D eigenvalue weighted by Gasteiger charge is 2.31. The van der Waals surface area contributed by atoms with Crippen LogP contribution in [-0.2, 0) is 11.3 Å². The largest absolute Gasteiger partial charge is 0.368 e. The average Bonchev–Trinajstić information content (AvgIpc) is 3.23. The Kier molecular flexibility index (Phi) is 5.10. The van der Waals surface area contributed by atoms with Crippen LogP contribution in [0.3, 0.4) is 0 Å². The number of hydrogen-bond donors (Lipinski definition) is 3. The van der Waals surface area contributed by atoms with E-state index in [1.807, 2.05) is 19.9 Å². The number of hydrogen-bond acceptors (Lipinski definition) is 6. The van der Waals surface area contributed by atoms with Crippen LogP contribution in [0.2, 0.25) is 0 Å². The fourth-order valence-corrected chi connectivity index (χ4v) is 3.78. The Morgan fingerprint density at radius 3 is 2.89 bits per heavy atom. The lowest BCUT2D eigenvalue weighted by Crippen LogP contribution is -2.37. The number of pyridine rings is 1. The predicted octanol–water partition coefficient (Wildman–Crippen LogP) is 2.38. The molecule has 0 aliphatic carbocycles. The van der Waals surface area contributed by atoms with Crippen LogP contribution < -0.4 is 16.4 Å². The van der Waals surface area contributed by atoms with Crippen molar-refractivity contribution in [1.29, 1.82) is 5.26 Å². The Hall–Kier alpha value is -2.99. The summed E-state index contributed by atoms with van der Waals surface area (Å²) < 4.78 is 15.0. The standard InChI is InChI=1S/C18H18FN5O2S/c1-8(2)3-11(16(21)25)23-17-14(19)10-6-22-18(26)13(10)15(24-17)12-4-9(5-20)7-27-12/h4,7-8,11H,3,6H2,1-2H3,(H2,21,25)(H,22,26)(H,23,24). The summed E-state index contributed by atoms with van der Waals surface area (Å²) in [5, 5.41) is 16.1. The van der Waals surface area contributed by atoms with Gasteiger partial charge < -0.3 is 16.4 Å². The molecule has 0 saturated carbocycles. The molecule has 3 rings (SSSR count). The molecule has 27 heavy (non-hydrogen) atoms. The molecule has 0 fully saturated rings. The highest BCUT2D eigenvalue weighted by Crippen LogP contribution is 2.35. The number of nitriles is 1. The number of halogens is 1. The molecule has 2 aromatic rings. The number of nitrogens with two attached hydrogens (primary N) is 1. The number of rotatable bonds is 6. The molecule has 0 saturated heterocycles. The second-order valence-electron chi connectivity index (χ2n) is 6.70. The summed E-state index contributed by atoms with van der Waals surface area (Å²) in [6.45, 7) is 3.88. The maximum Gasteiger partial charge on any atom is 0.254 e. The molecular weight excluding hydrogens is 369 g/mol. The van der Waals surface area contributed by atoms with Crippen molar-refractivity contribution in [3.8, 4) is 16.6 Å². The van der Waals surface area contributed by atoms with Crippen molar-refractivity contribution in [2.45, 2.75) is 32.9 Å². The van der Waals surface area contributed by atoms with Crippen molar-refractivity contribution in [3.63, 3.8) is 0 Å². The van der Waals surface area contributed by atoms with Gasteiger partial charge in [0, 0.05) is 17.5 Å². The number of fused-ring (bicyclic) bond motifs is 1. The summed E-state index contributed by atoms with van der Waals surface area (Å²) in [4.78, 5) is 28.8. The summed E-state index contributed by atoms with van der Waals surface area (Å²) in [5.41, 5.74) is 6.49. The van der Waals surface area contributed by atoms with Crippen molar-refractivity contribution >= 4 is 29.0 Å². The molecule has 3 heterocycles. The number of carbonyl (C=O) groups excluding carboxylic acids is 2. The molecule has 0 bridgehead atoms. The van der Waals surface area contributed by atoms with E-state index in [0.717, 1.165) is 0 Å². The number of amides is 2. The van der Waals surface area contributed by atoms with Gasteiger partial charge in [0.15, 0.2) is 11.6 Å². The Bertz CT molecular complexity index is 963. The van der Waals surface area contributed by atoms with Crippen molar-refractivity contribution in [2.75, 3.05) is 5.32 Å². The lowest BCUT2D eigenvalue weighted by atomic mass is 10.0. The number of nitrogens with zero attached hydrogens (tertiary/aromatic N) is 2. The second kappa shape index (κ2) is 7.32. The number of anilines is 1. The van der Waals surface area contributed by atoms with Crippen LogP contribution in [0.1, 0.15) is 41.8 Å². The molecular formula is C18H18FN5O2S. The normalized spacial score (nSPS) is 13.8. The van der Waals surface area contributed by atoms with Gasteiger partial charge in [-0.05, 0) is 18.4 Å². The molecule has 1 atom stereocenters. The van der Waals surface area contributed by atoms with Crippen molar-refractivity contribution in [2.24, 2.45) is 11.7 Å². The van der Waals surface area contributed by atoms with E-state index in [1.54, 1.807) is 11.4 Å².